The molecule has 2 heterocycles. The smallest absolute Gasteiger partial charge is 0.412 e. The number of nitrogens with one attached hydrogen (secondary N) is 3. The third-order valence-corrected chi connectivity index (χ3v) is 9.19. The van der Waals surface area contributed by atoms with Gasteiger partial charge in [-0.25, -0.2) is 9.59 Å². The van der Waals surface area contributed by atoms with Gasteiger partial charge in [0.05, 0.1) is 7.11 Å². The molecular formula is C37H51N5O6. The molecular weight excluding hydrogens is 610 g/mol. The van der Waals surface area contributed by atoms with Gasteiger partial charge in [0.15, 0.2) is 11.5 Å². The lowest BCUT2D eigenvalue weighted by Crippen LogP contribution is -2.35. The molecule has 0 bridgehead atoms. The molecule has 2 amide bonds. The zero-order chi connectivity index (χ0) is 34.2. The highest BCUT2D eigenvalue weighted by molar-refractivity contribution is 5.91. The maximum atomic E-state index is 12.7. The number of alkyl carbamates (subject to hydrolysis) is 1. The van der Waals surface area contributed by atoms with Gasteiger partial charge in [-0.15, -0.1) is 0 Å². The summed E-state index contributed by atoms with van der Waals surface area (Å²) in [6, 6.07) is 9.69. The highest BCUT2D eigenvalue weighted by Crippen LogP contribution is 2.49. The summed E-state index contributed by atoms with van der Waals surface area (Å²) in [6.45, 7) is 7.25. The zero-order valence-corrected chi connectivity index (χ0v) is 29.1. The van der Waals surface area contributed by atoms with Crippen molar-refractivity contribution >= 4 is 23.1 Å². The number of rotatable bonds is 15. The SMILES string of the molecule is CCN(C)Cc1ccc(OC)c2c1[C@@H]1C=C[C@H](OC(=O)NCCCCC(C)NC(=O)Oc3cccc4[nH]cc(CCN(C)C)c34)CC1O2. The van der Waals surface area contributed by atoms with Crippen LogP contribution in [0.2, 0.25) is 0 Å². The maximum Gasteiger partial charge on any atom is 0.412 e. The Balaban J connectivity index is 1.02. The Hall–Kier alpha value is -4.22. The van der Waals surface area contributed by atoms with Crippen LogP contribution in [0.4, 0.5) is 9.59 Å². The van der Waals surface area contributed by atoms with Crippen molar-refractivity contribution in [1.82, 2.24) is 25.4 Å². The van der Waals surface area contributed by atoms with Crippen LogP contribution in [-0.2, 0) is 17.7 Å². The van der Waals surface area contributed by atoms with Crippen LogP contribution in [0.3, 0.4) is 0 Å². The van der Waals surface area contributed by atoms with Gasteiger partial charge in [0.25, 0.3) is 0 Å². The van der Waals surface area contributed by atoms with E-state index in [4.69, 9.17) is 18.9 Å². The number of hydrogen-bond acceptors (Lipinski definition) is 8. The number of aromatic nitrogens is 1. The fraction of sp³-hybridized carbons (Fsp3) is 0.514. The number of methoxy groups -OCH3 is 1. The second-order valence-corrected chi connectivity index (χ2v) is 13.1. The number of carbonyl (C=O) groups excluding carboxylic acids is 2. The summed E-state index contributed by atoms with van der Waals surface area (Å²) in [5.74, 6) is 2.17. The summed E-state index contributed by atoms with van der Waals surface area (Å²) in [7, 11) is 7.84. The summed E-state index contributed by atoms with van der Waals surface area (Å²) in [4.78, 5) is 33.0. The Morgan fingerprint density at radius 3 is 2.67 bits per heavy atom. The number of hydrogen-bond donors (Lipinski definition) is 3. The fourth-order valence-electron chi connectivity index (χ4n) is 6.47. The van der Waals surface area contributed by atoms with E-state index in [2.05, 4.69) is 51.5 Å². The molecule has 0 radical (unpaired) electrons. The molecule has 3 N–H and O–H groups in total. The van der Waals surface area contributed by atoms with E-state index in [1.54, 1.807) is 7.11 Å². The summed E-state index contributed by atoms with van der Waals surface area (Å²) < 4.78 is 23.5. The monoisotopic (exact) mass is 661 g/mol. The van der Waals surface area contributed by atoms with Crippen LogP contribution >= 0.6 is 0 Å². The molecule has 0 saturated heterocycles. The van der Waals surface area contributed by atoms with Gasteiger partial charge >= 0.3 is 12.2 Å². The van der Waals surface area contributed by atoms with Crippen LogP contribution in [-0.4, -0.2) is 93.1 Å². The zero-order valence-electron chi connectivity index (χ0n) is 29.1. The van der Waals surface area contributed by atoms with Crippen molar-refractivity contribution in [2.45, 2.75) is 76.7 Å². The predicted molar refractivity (Wildman–Crippen MR) is 187 cm³/mol. The lowest BCUT2D eigenvalue weighted by molar-refractivity contribution is 0.0807. The van der Waals surface area contributed by atoms with Gasteiger partial charge in [0, 0.05) is 60.7 Å². The Bertz CT molecular complexity index is 1590. The van der Waals surface area contributed by atoms with E-state index in [0.717, 1.165) is 73.3 Å². The second-order valence-electron chi connectivity index (χ2n) is 13.1. The van der Waals surface area contributed by atoms with Crippen molar-refractivity contribution in [1.29, 1.82) is 0 Å². The normalized spacial score (nSPS) is 18.7. The molecule has 5 rings (SSSR count). The van der Waals surface area contributed by atoms with Crippen molar-refractivity contribution < 1.29 is 28.5 Å². The highest BCUT2D eigenvalue weighted by atomic mass is 16.6. The van der Waals surface area contributed by atoms with Crippen LogP contribution in [0.15, 0.2) is 48.7 Å². The van der Waals surface area contributed by atoms with E-state index >= 15 is 0 Å². The van der Waals surface area contributed by atoms with E-state index < -0.39 is 12.2 Å². The quantitative estimate of drug-likeness (QED) is 0.135. The minimum atomic E-state index is -0.475. The van der Waals surface area contributed by atoms with Gasteiger partial charge in [-0.3, -0.25) is 0 Å². The largest absolute Gasteiger partial charge is 0.493 e. The highest BCUT2D eigenvalue weighted by Gasteiger charge is 2.41. The average molecular weight is 662 g/mol. The molecule has 4 atom stereocenters. The molecule has 0 fully saturated rings. The fourth-order valence-corrected chi connectivity index (χ4v) is 6.47. The Morgan fingerprint density at radius 1 is 1.06 bits per heavy atom. The molecule has 1 aliphatic heterocycles. The first-order valence-electron chi connectivity index (χ1n) is 17.1. The number of likely N-dealkylation sites (N-methyl/N-ethyl adjacent to an activating group) is 1. The van der Waals surface area contributed by atoms with Gasteiger partial charge in [-0.2, -0.15) is 0 Å². The number of H-pyrrole nitrogens is 1. The van der Waals surface area contributed by atoms with Crippen molar-refractivity contribution in [3.05, 3.63) is 65.4 Å². The standard InChI is InChI=1S/C37H51N5O6/c1-7-42(5)23-26-14-17-31(45-6)35-33(26)28-16-15-27(21-32(28)47-35)46-36(43)38-19-9-8-11-24(2)40-37(44)48-30-13-10-12-29-34(30)25(22-39-29)18-20-41(3)4/h10,12-17,22,24,27-28,32,39H,7-9,11,18-21,23H2,1-6H3,(H,38,43)(H,40,44)/t24?,27-,28+,32?/m0/s1. The van der Waals surface area contributed by atoms with Gasteiger partial charge in [0.1, 0.15) is 18.0 Å². The van der Waals surface area contributed by atoms with E-state index in [9.17, 15) is 9.59 Å². The number of nitrogens with zero attached hydrogens (tertiary/aromatic N) is 2. The molecule has 0 spiro atoms. The lowest BCUT2D eigenvalue weighted by Gasteiger charge is -2.26. The Morgan fingerprint density at radius 2 is 1.90 bits per heavy atom. The molecule has 2 aromatic carbocycles. The number of aromatic amines is 1. The third kappa shape index (κ3) is 8.62. The summed E-state index contributed by atoms with van der Waals surface area (Å²) in [5.41, 5.74) is 4.45. The maximum absolute atomic E-state index is 12.7. The molecule has 0 saturated carbocycles. The number of ether oxygens (including phenoxy) is 4. The minimum Gasteiger partial charge on any atom is -0.493 e. The van der Waals surface area contributed by atoms with Gasteiger partial charge in [-0.1, -0.05) is 25.1 Å². The van der Waals surface area contributed by atoms with Crippen LogP contribution in [0.1, 0.15) is 62.1 Å². The Kier molecular flexibility index (Phi) is 11.9. The number of amides is 2. The number of benzene rings is 2. The van der Waals surface area contributed by atoms with E-state index in [1.165, 1.54) is 11.1 Å². The average Bonchev–Trinajstić information content (AvgIpc) is 3.66. The molecule has 11 nitrogen and oxygen atoms in total. The molecule has 1 aromatic heterocycles. The number of unbranched alkanes of at least 4 members (excludes halogenated alkanes) is 1. The van der Waals surface area contributed by atoms with Crippen LogP contribution in [0, 0.1) is 0 Å². The Labute approximate surface area is 283 Å². The van der Waals surface area contributed by atoms with E-state index in [0.29, 0.717) is 18.7 Å². The van der Waals surface area contributed by atoms with Crippen molar-refractivity contribution in [3.8, 4) is 17.2 Å². The third-order valence-electron chi connectivity index (χ3n) is 9.19. The number of carbonyl (C=O) groups is 2. The minimum absolute atomic E-state index is 0.0829. The van der Waals surface area contributed by atoms with Gasteiger partial charge in [-0.05, 0) is 95.7 Å². The van der Waals surface area contributed by atoms with E-state index in [1.807, 2.05) is 57.6 Å². The van der Waals surface area contributed by atoms with Crippen LogP contribution in [0.25, 0.3) is 10.9 Å². The molecule has 11 heteroatoms. The van der Waals surface area contributed by atoms with Crippen molar-refractivity contribution in [3.63, 3.8) is 0 Å². The first-order chi connectivity index (χ1) is 23.2. The molecule has 2 aliphatic rings. The molecule has 48 heavy (non-hydrogen) atoms. The van der Waals surface area contributed by atoms with Gasteiger partial charge < -0.3 is 44.4 Å². The van der Waals surface area contributed by atoms with Crippen molar-refractivity contribution in [2.24, 2.45) is 0 Å². The van der Waals surface area contributed by atoms with Gasteiger partial charge in [0.2, 0.25) is 0 Å². The second kappa shape index (κ2) is 16.3. The lowest BCUT2D eigenvalue weighted by atomic mass is 9.85. The topological polar surface area (TPSA) is 117 Å². The first-order valence-corrected chi connectivity index (χ1v) is 17.1. The summed E-state index contributed by atoms with van der Waals surface area (Å²) in [5, 5.41) is 6.74. The molecule has 2 unspecified atom stereocenters. The van der Waals surface area contributed by atoms with Crippen LogP contribution in [0.5, 0.6) is 17.2 Å². The molecule has 3 aromatic rings. The summed E-state index contributed by atoms with van der Waals surface area (Å²) in [6.07, 6.45) is 8.40. The van der Waals surface area contributed by atoms with Crippen molar-refractivity contribution in [2.75, 3.05) is 47.9 Å². The molecule has 1 aliphatic carbocycles. The predicted octanol–water partition coefficient (Wildman–Crippen LogP) is 5.98. The first kappa shape index (κ1) is 35.1. The van der Waals surface area contributed by atoms with E-state index in [-0.39, 0.29) is 24.2 Å². The van der Waals surface area contributed by atoms with Crippen LogP contribution < -0.4 is 24.8 Å². The molecule has 260 valence electrons. The number of fused-ring (bicyclic) bond motifs is 4. The summed E-state index contributed by atoms with van der Waals surface area (Å²) >= 11 is 0.